The van der Waals surface area contributed by atoms with Gasteiger partial charge in [0.2, 0.25) is 5.89 Å². The van der Waals surface area contributed by atoms with Crippen molar-refractivity contribution in [2.45, 2.75) is 13.0 Å². The molecule has 3 aromatic rings. The van der Waals surface area contributed by atoms with Crippen LogP contribution in [0.25, 0.3) is 11.5 Å². The third kappa shape index (κ3) is 3.56. The minimum Gasteiger partial charge on any atom is -0.415 e. The average Bonchev–Trinajstić information content (AvgIpc) is 3.31. The van der Waals surface area contributed by atoms with Gasteiger partial charge in [-0.2, -0.15) is 8.78 Å². The normalized spacial score (nSPS) is 14.3. The summed E-state index contributed by atoms with van der Waals surface area (Å²) in [6.07, 6.45) is -2.93. The number of amides is 3. The van der Waals surface area contributed by atoms with E-state index in [0.29, 0.717) is 5.69 Å². The third-order valence-electron chi connectivity index (χ3n) is 4.38. The number of para-hydroxylation sites is 1. The smallest absolute Gasteiger partial charge is 0.332 e. The summed E-state index contributed by atoms with van der Waals surface area (Å²) in [5, 5.41) is 6.65. The number of nitrogens with zero attached hydrogens (tertiary/aromatic N) is 4. The van der Waals surface area contributed by atoms with Gasteiger partial charge in [0.15, 0.2) is 0 Å². The van der Waals surface area contributed by atoms with E-state index in [-0.39, 0.29) is 30.1 Å². The van der Waals surface area contributed by atoms with E-state index < -0.39 is 30.1 Å². The molecule has 0 saturated carbocycles. The second-order valence-electron chi connectivity index (χ2n) is 6.24. The van der Waals surface area contributed by atoms with E-state index in [0.717, 1.165) is 11.0 Å². The van der Waals surface area contributed by atoms with Crippen LogP contribution in [0, 0.1) is 5.82 Å². The third-order valence-corrected chi connectivity index (χ3v) is 4.38. The molecular formula is C19H13F3N4O3. The van der Waals surface area contributed by atoms with E-state index in [9.17, 15) is 22.8 Å². The number of hydrogen-bond acceptors (Lipinski definition) is 5. The van der Waals surface area contributed by atoms with Gasteiger partial charge in [-0.05, 0) is 24.3 Å². The zero-order valence-corrected chi connectivity index (χ0v) is 14.8. The molecule has 1 saturated heterocycles. The Kier molecular flexibility index (Phi) is 4.75. The second kappa shape index (κ2) is 7.38. The first kappa shape index (κ1) is 18.7. The van der Waals surface area contributed by atoms with E-state index in [4.69, 9.17) is 4.42 Å². The molecule has 29 heavy (non-hydrogen) atoms. The first-order valence-corrected chi connectivity index (χ1v) is 8.51. The lowest BCUT2D eigenvalue weighted by Crippen LogP contribution is -2.32. The second-order valence-corrected chi connectivity index (χ2v) is 6.24. The van der Waals surface area contributed by atoms with Crippen LogP contribution in [0.5, 0.6) is 0 Å². The number of anilines is 1. The lowest BCUT2D eigenvalue weighted by molar-refractivity contribution is -0.125. The van der Waals surface area contributed by atoms with Crippen molar-refractivity contribution in [3.8, 4) is 11.5 Å². The van der Waals surface area contributed by atoms with Crippen LogP contribution in [0.1, 0.15) is 17.9 Å². The van der Waals surface area contributed by atoms with E-state index in [1.54, 1.807) is 30.3 Å². The van der Waals surface area contributed by atoms with Crippen molar-refractivity contribution in [2.75, 3.05) is 11.4 Å². The Morgan fingerprint density at radius 2 is 1.83 bits per heavy atom. The summed E-state index contributed by atoms with van der Waals surface area (Å²) in [7, 11) is 0. The molecule has 10 heteroatoms. The van der Waals surface area contributed by atoms with Gasteiger partial charge in [0.1, 0.15) is 12.4 Å². The molecule has 4 rings (SSSR count). The van der Waals surface area contributed by atoms with E-state index in [1.807, 2.05) is 0 Å². The van der Waals surface area contributed by atoms with E-state index in [2.05, 4.69) is 10.2 Å². The maximum atomic E-state index is 14.5. The van der Waals surface area contributed by atoms with Gasteiger partial charge in [-0.25, -0.2) is 9.18 Å². The lowest BCUT2D eigenvalue weighted by Gasteiger charge is -2.17. The van der Waals surface area contributed by atoms with Gasteiger partial charge in [0, 0.05) is 16.8 Å². The number of imide groups is 1. The molecule has 148 valence electrons. The van der Waals surface area contributed by atoms with E-state index in [1.165, 1.54) is 17.0 Å². The van der Waals surface area contributed by atoms with Crippen molar-refractivity contribution < 1.29 is 27.2 Å². The predicted octanol–water partition coefficient (Wildman–Crippen LogP) is 3.78. The Labute approximate surface area is 162 Å². The molecule has 2 heterocycles. The fraction of sp³-hybridized carbons (Fsp3) is 0.158. The molecule has 1 fully saturated rings. The number of hydrogen-bond donors (Lipinski definition) is 0. The molecule has 1 aliphatic rings. The largest absolute Gasteiger partial charge is 0.415 e. The number of benzene rings is 2. The van der Waals surface area contributed by atoms with Gasteiger partial charge in [-0.3, -0.25) is 14.6 Å². The summed E-state index contributed by atoms with van der Waals surface area (Å²) >= 11 is 0. The van der Waals surface area contributed by atoms with Crippen LogP contribution in [-0.2, 0) is 11.3 Å². The molecule has 0 spiro atoms. The highest BCUT2D eigenvalue weighted by atomic mass is 19.3. The predicted molar refractivity (Wildman–Crippen MR) is 94.4 cm³/mol. The molecule has 0 N–H and O–H groups in total. The van der Waals surface area contributed by atoms with Crippen LogP contribution in [0.4, 0.5) is 23.7 Å². The number of halogens is 3. The van der Waals surface area contributed by atoms with Gasteiger partial charge in [0.25, 0.3) is 11.8 Å². The zero-order chi connectivity index (χ0) is 20.5. The molecule has 0 aliphatic carbocycles. The Bertz CT molecular complexity index is 1070. The lowest BCUT2D eigenvalue weighted by atomic mass is 10.1. The van der Waals surface area contributed by atoms with Crippen LogP contribution in [-0.4, -0.2) is 33.6 Å². The van der Waals surface area contributed by atoms with Gasteiger partial charge in [0.05, 0.1) is 6.54 Å². The van der Waals surface area contributed by atoms with Gasteiger partial charge in [-0.15, -0.1) is 10.2 Å². The van der Waals surface area contributed by atoms with Crippen LogP contribution in [0.2, 0.25) is 0 Å². The van der Waals surface area contributed by atoms with Crippen LogP contribution in [0.3, 0.4) is 0 Å². The van der Waals surface area contributed by atoms with Crippen molar-refractivity contribution in [3.63, 3.8) is 0 Å². The monoisotopic (exact) mass is 402 g/mol. The minimum absolute atomic E-state index is 0.0824. The number of carbonyl (C=O) groups is 2. The highest BCUT2D eigenvalue weighted by Crippen LogP contribution is 2.27. The Morgan fingerprint density at radius 1 is 1.07 bits per heavy atom. The topological polar surface area (TPSA) is 79.5 Å². The van der Waals surface area contributed by atoms with Crippen molar-refractivity contribution >= 4 is 17.6 Å². The fourth-order valence-corrected chi connectivity index (χ4v) is 2.92. The molecule has 1 aromatic heterocycles. The Hall–Kier alpha value is -3.69. The van der Waals surface area contributed by atoms with Gasteiger partial charge >= 0.3 is 12.5 Å². The molecule has 0 bridgehead atoms. The van der Waals surface area contributed by atoms with Crippen LogP contribution >= 0.6 is 0 Å². The van der Waals surface area contributed by atoms with Crippen molar-refractivity contribution in [2.24, 2.45) is 0 Å². The number of aromatic nitrogens is 2. The molecule has 1 aliphatic heterocycles. The van der Waals surface area contributed by atoms with Crippen LogP contribution in [0.15, 0.2) is 52.9 Å². The number of carbonyl (C=O) groups excluding carboxylic acids is 2. The van der Waals surface area contributed by atoms with E-state index >= 15 is 0 Å². The maximum Gasteiger partial charge on any atom is 0.332 e. The van der Waals surface area contributed by atoms with Crippen molar-refractivity contribution in [1.82, 2.24) is 15.1 Å². The average molecular weight is 402 g/mol. The molecule has 0 atom stereocenters. The first-order chi connectivity index (χ1) is 13.9. The molecule has 7 nitrogen and oxygen atoms in total. The summed E-state index contributed by atoms with van der Waals surface area (Å²) in [6.45, 7) is -0.403. The zero-order valence-electron chi connectivity index (χ0n) is 14.8. The molecule has 0 unspecified atom stereocenters. The number of alkyl halides is 2. The highest BCUT2D eigenvalue weighted by Gasteiger charge is 2.37. The maximum absolute atomic E-state index is 14.5. The molecular weight excluding hydrogens is 389 g/mol. The Balaban J connectivity index is 1.53. The van der Waals surface area contributed by atoms with Crippen molar-refractivity contribution in [3.05, 3.63) is 65.8 Å². The van der Waals surface area contributed by atoms with Crippen LogP contribution < -0.4 is 4.90 Å². The highest BCUT2D eigenvalue weighted by molar-refractivity contribution is 6.12. The summed E-state index contributed by atoms with van der Waals surface area (Å²) in [5.41, 5.74) is 0.755. The fourth-order valence-electron chi connectivity index (χ4n) is 2.92. The van der Waals surface area contributed by atoms with Gasteiger partial charge < -0.3 is 4.42 Å². The Morgan fingerprint density at radius 3 is 2.48 bits per heavy atom. The summed E-state index contributed by atoms with van der Waals surface area (Å²) in [5.74, 6) is -2.31. The minimum atomic E-state index is -2.93. The van der Waals surface area contributed by atoms with Gasteiger partial charge in [-0.1, -0.05) is 24.3 Å². The molecule has 2 aromatic carbocycles. The summed E-state index contributed by atoms with van der Waals surface area (Å²) in [6, 6.07) is 11.9. The quantitative estimate of drug-likeness (QED) is 0.607. The summed E-state index contributed by atoms with van der Waals surface area (Å²) in [4.78, 5) is 27.1. The number of rotatable bonds is 5. The number of urea groups is 1. The molecule has 0 radical (unpaired) electrons. The summed E-state index contributed by atoms with van der Waals surface area (Å²) < 4.78 is 44.4. The molecule has 3 amide bonds. The van der Waals surface area contributed by atoms with Crippen molar-refractivity contribution in [1.29, 1.82) is 0 Å². The SMILES string of the molecule is O=C1CN(c2ccccc2)C(=O)N1Cc1ccc(-c2nnc(C(F)F)o2)cc1F. The standard InChI is InChI=1S/C19H13F3N4O3/c20-14-8-11(17-23-24-18(29-17)16(21)22)6-7-12(14)9-26-15(27)10-25(19(26)28)13-4-2-1-3-5-13/h1-8,16H,9-10H2. The first-order valence-electron chi connectivity index (χ1n) is 8.51.